The average molecular weight is 266 g/mol. The number of nitrogens with one attached hydrogen (secondary N) is 1. The summed E-state index contributed by atoms with van der Waals surface area (Å²) in [5, 5.41) is 11.5. The van der Waals surface area contributed by atoms with Crippen LogP contribution in [0.1, 0.15) is 24.2 Å². The molecule has 0 aliphatic heterocycles. The van der Waals surface area contributed by atoms with Crippen molar-refractivity contribution in [3.05, 3.63) is 23.8 Å². The quantitative estimate of drug-likeness (QED) is 0.693. The number of rotatable bonds is 5. The molecule has 0 bridgehead atoms. The predicted molar refractivity (Wildman–Crippen MR) is 71.1 cm³/mol. The lowest BCUT2D eigenvalue weighted by atomic mass is 10.0. The van der Waals surface area contributed by atoms with Gasteiger partial charge in [0.2, 0.25) is 0 Å². The molecule has 1 aromatic rings. The van der Waals surface area contributed by atoms with E-state index in [0.717, 1.165) is 0 Å². The van der Waals surface area contributed by atoms with Crippen LogP contribution in [0.25, 0.3) is 0 Å². The van der Waals surface area contributed by atoms with Gasteiger partial charge in [-0.25, -0.2) is 4.79 Å². The van der Waals surface area contributed by atoms with Crippen LogP contribution in [0.4, 0.5) is 5.69 Å². The van der Waals surface area contributed by atoms with E-state index < -0.39 is 17.9 Å². The van der Waals surface area contributed by atoms with E-state index in [1.54, 1.807) is 19.9 Å². The maximum atomic E-state index is 12.1. The van der Waals surface area contributed by atoms with Gasteiger partial charge in [0.25, 0.3) is 5.91 Å². The summed E-state index contributed by atoms with van der Waals surface area (Å²) in [7, 11) is 1.42. The molecule has 0 fully saturated rings. The van der Waals surface area contributed by atoms with Gasteiger partial charge in [-0.2, -0.15) is 0 Å². The van der Waals surface area contributed by atoms with Crippen molar-refractivity contribution in [1.29, 1.82) is 0 Å². The fourth-order valence-electron chi connectivity index (χ4n) is 1.63. The molecule has 6 nitrogen and oxygen atoms in total. The number of anilines is 1. The first-order valence-electron chi connectivity index (χ1n) is 5.84. The molecular formula is C13H18N2O4. The third-order valence-corrected chi connectivity index (χ3v) is 2.69. The molecular weight excluding hydrogens is 248 g/mol. The number of nitrogen functional groups attached to an aromatic ring is 1. The van der Waals surface area contributed by atoms with Crippen LogP contribution >= 0.6 is 0 Å². The van der Waals surface area contributed by atoms with Crippen LogP contribution in [0.2, 0.25) is 0 Å². The minimum absolute atomic E-state index is 0.221. The van der Waals surface area contributed by atoms with Crippen molar-refractivity contribution < 1.29 is 19.4 Å². The van der Waals surface area contributed by atoms with Crippen LogP contribution in [-0.2, 0) is 4.79 Å². The Kier molecular flexibility index (Phi) is 4.74. The Morgan fingerprint density at radius 2 is 2.00 bits per heavy atom. The van der Waals surface area contributed by atoms with Crippen molar-refractivity contribution in [2.75, 3.05) is 12.8 Å². The third kappa shape index (κ3) is 3.61. The van der Waals surface area contributed by atoms with Gasteiger partial charge in [0.1, 0.15) is 11.8 Å². The lowest BCUT2D eigenvalue weighted by molar-refractivity contribution is -0.140. The van der Waals surface area contributed by atoms with E-state index in [4.69, 9.17) is 15.6 Å². The average Bonchev–Trinajstić information content (AvgIpc) is 2.34. The summed E-state index contributed by atoms with van der Waals surface area (Å²) < 4.78 is 5.06. The summed E-state index contributed by atoms with van der Waals surface area (Å²) >= 11 is 0. The van der Waals surface area contributed by atoms with Crippen LogP contribution in [0.3, 0.4) is 0 Å². The highest BCUT2D eigenvalue weighted by Gasteiger charge is 2.25. The van der Waals surface area contributed by atoms with Gasteiger partial charge in [-0.15, -0.1) is 0 Å². The van der Waals surface area contributed by atoms with E-state index in [0.29, 0.717) is 11.4 Å². The molecule has 0 spiro atoms. The molecule has 1 amide bonds. The van der Waals surface area contributed by atoms with Crippen molar-refractivity contribution in [1.82, 2.24) is 5.32 Å². The summed E-state index contributed by atoms with van der Waals surface area (Å²) in [6.45, 7) is 3.44. The second-order valence-corrected chi connectivity index (χ2v) is 4.49. The number of benzene rings is 1. The zero-order valence-corrected chi connectivity index (χ0v) is 11.1. The lowest BCUT2D eigenvalue weighted by Crippen LogP contribution is -2.44. The van der Waals surface area contributed by atoms with Gasteiger partial charge in [-0.05, 0) is 18.1 Å². The Bertz CT molecular complexity index is 486. The molecule has 0 aliphatic carbocycles. The van der Waals surface area contributed by atoms with Gasteiger partial charge in [-0.1, -0.05) is 13.8 Å². The topological polar surface area (TPSA) is 102 Å². The molecule has 0 radical (unpaired) electrons. The Hall–Kier alpha value is -2.24. The number of carboxylic acid groups (broad SMARTS) is 1. The van der Waals surface area contributed by atoms with Crippen molar-refractivity contribution in [2.45, 2.75) is 19.9 Å². The van der Waals surface area contributed by atoms with Crippen molar-refractivity contribution in [3.8, 4) is 5.75 Å². The van der Waals surface area contributed by atoms with Crippen molar-refractivity contribution in [3.63, 3.8) is 0 Å². The molecule has 104 valence electrons. The molecule has 1 unspecified atom stereocenters. The molecule has 0 saturated heterocycles. The zero-order chi connectivity index (χ0) is 14.6. The highest BCUT2D eigenvalue weighted by Crippen LogP contribution is 2.21. The van der Waals surface area contributed by atoms with Crippen LogP contribution in [0.5, 0.6) is 5.75 Å². The number of methoxy groups -OCH3 is 1. The molecule has 6 heteroatoms. The van der Waals surface area contributed by atoms with E-state index in [2.05, 4.69) is 5.32 Å². The lowest BCUT2D eigenvalue weighted by Gasteiger charge is -2.18. The number of carbonyl (C=O) groups excluding carboxylic acids is 1. The highest BCUT2D eigenvalue weighted by atomic mass is 16.5. The van der Waals surface area contributed by atoms with Gasteiger partial charge in [0.15, 0.2) is 0 Å². The largest absolute Gasteiger partial charge is 0.496 e. The molecule has 4 N–H and O–H groups in total. The van der Waals surface area contributed by atoms with Crippen LogP contribution in [0.15, 0.2) is 18.2 Å². The standard InChI is InChI=1S/C13H18N2O4/c1-7(2)11(13(17)18)15-12(16)9-5-4-8(14)6-10(9)19-3/h4-7,11H,14H2,1-3H3,(H,15,16)(H,17,18). The first-order chi connectivity index (χ1) is 8.86. The Balaban J connectivity index is 2.97. The Morgan fingerprint density at radius 1 is 1.37 bits per heavy atom. The smallest absolute Gasteiger partial charge is 0.326 e. The number of carboxylic acids is 1. The summed E-state index contributed by atoms with van der Waals surface area (Å²) in [6, 6.07) is 3.63. The number of amides is 1. The third-order valence-electron chi connectivity index (χ3n) is 2.69. The number of hydrogen-bond acceptors (Lipinski definition) is 4. The zero-order valence-electron chi connectivity index (χ0n) is 11.1. The van der Waals surface area contributed by atoms with Crippen LogP contribution < -0.4 is 15.8 Å². The van der Waals surface area contributed by atoms with Gasteiger partial charge in [0.05, 0.1) is 12.7 Å². The Labute approximate surface area is 111 Å². The number of nitrogens with two attached hydrogens (primary N) is 1. The fraction of sp³-hybridized carbons (Fsp3) is 0.385. The summed E-state index contributed by atoms with van der Waals surface area (Å²) in [5.41, 5.74) is 6.31. The normalized spacial score (nSPS) is 12.0. The van der Waals surface area contributed by atoms with E-state index in [9.17, 15) is 9.59 Å². The molecule has 1 atom stereocenters. The van der Waals surface area contributed by atoms with Crippen molar-refractivity contribution >= 4 is 17.6 Å². The maximum Gasteiger partial charge on any atom is 0.326 e. The molecule has 0 heterocycles. The van der Waals surface area contributed by atoms with E-state index in [-0.39, 0.29) is 11.5 Å². The fourth-order valence-corrected chi connectivity index (χ4v) is 1.63. The maximum absolute atomic E-state index is 12.1. The molecule has 0 aliphatic rings. The summed E-state index contributed by atoms with van der Waals surface area (Å²) in [6.07, 6.45) is 0. The molecule has 0 saturated carbocycles. The first-order valence-corrected chi connectivity index (χ1v) is 5.84. The highest BCUT2D eigenvalue weighted by molar-refractivity contribution is 5.99. The second kappa shape index (κ2) is 6.08. The molecule has 0 aromatic heterocycles. The molecule has 1 aromatic carbocycles. The van der Waals surface area contributed by atoms with E-state index in [1.165, 1.54) is 19.2 Å². The van der Waals surface area contributed by atoms with Crippen molar-refractivity contribution in [2.24, 2.45) is 5.92 Å². The summed E-state index contributed by atoms with van der Waals surface area (Å²) in [4.78, 5) is 23.1. The number of aliphatic carboxylic acids is 1. The second-order valence-electron chi connectivity index (χ2n) is 4.49. The SMILES string of the molecule is COc1cc(N)ccc1C(=O)NC(C(=O)O)C(C)C. The van der Waals surface area contributed by atoms with Gasteiger partial charge in [0, 0.05) is 11.8 Å². The molecule has 19 heavy (non-hydrogen) atoms. The molecule has 1 rings (SSSR count). The number of carbonyl (C=O) groups is 2. The van der Waals surface area contributed by atoms with Gasteiger partial charge < -0.3 is 20.9 Å². The summed E-state index contributed by atoms with van der Waals surface area (Å²) in [5.74, 6) is -1.48. The monoisotopic (exact) mass is 266 g/mol. The number of hydrogen-bond donors (Lipinski definition) is 3. The van der Waals surface area contributed by atoms with E-state index in [1.807, 2.05) is 0 Å². The first kappa shape index (κ1) is 14.8. The number of ether oxygens (including phenoxy) is 1. The Morgan fingerprint density at radius 3 is 2.47 bits per heavy atom. The van der Waals surface area contributed by atoms with Gasteiger partial charge in [-0.3, -0.25) is 4.79 Å². The van der Waals surface area contributed by atoms with Gasteiger partial charge >= 0.3 is 5.97 Å². The minimum atomic E-state index is -1.07. The predicted octanol–water partition coefficient (Wildman–Crippen LogP) is 1.12. The minimum Gasteiger partial charge on any atom is -0.496 e. The van der Waals surface area contributed by atoms with Crippen LogP contribution in [-0.4, -0.2) is 30.1 Å². The van der Waals surface area contributed by atoms with E-state index >= 15 is 0 Å². The van der Waals surface area contributed by atoms with Crippen LogP contribution in [0, 0.1) is 5.92 Å².